The molecular formula is C22H20N4O3. The van der Waals surface area contributed by atoms with Crippen molar-refractivity contribution in [3.8, 4) is 28.3 Å². The number of nitrogens with two attached hydrogens (primary N) is 1. The van der Waals surface area contributed by atoms with Gasteiger partial charge >= 0.3 is 0 Å². The highest BCUT2D eigenvalue weighted by Gasteiger charge is 2.11. The smallest absolute Gasteiger partial charge is 0.170 e. The van der Waals surface area contributed by atoms with Gasteiger partial charge < -0.3 is 20.4 Å². The van der Waals surface area contributed by atoms with E-state index in [2.05, 4.69) is 16.2 Å². The highest BCUT2D eigenvalue weighted by Crippen LogP contribution is 2.34. The fourth-order valence-electron chi connectivity index (χ4n) is 3.30. The maximum Gasteiger partial charge on any atom is 0.170 e. The first-order valence-electron chi connectivity index (χ1n) is 8.92. The SMILES string of the molecule is COc1ccc(-c2cccc(-n3cnc4cc(C(N)=NO)ccc43)c2)c(OC)c1. The molecule has 7 heteroatoms. The van der Waals surface area contributed by atoms with Crippen LogP contribution in [-0.4, -0.2) is 34.8 Å². The fraction of sp³-hybridized carbons (Fsp3) is 0.0909. The number of aromatic nitrogens is 2. The molecule has 0 saturated carbocycles. The summed E-state index contributed by atoms with van der Waals surface area (Å²) >= 11 is 0. The molecule has 7 nitrogen and oxygen atoms in total. The van der Waals surface area contributed by atoms with Gasteiger partial charge in [-0.05, 0) is 48.0 Å². The molecule has 29 heavy (non-hydrogen) atoms. The Morgan fingerprint density at radius 3 is 2.66 bits per heavy atom. The molecule has 1 heterocycles. The molecule has 0 spiro atoms. The van der Waals surface area contributed by atoms with Crippen LogP contribution < -0.4 is 15.2 Å². The van der Waals surface area contributed by atoms with Crippen LogP contribution in [0.4, 0.5) is 0 Å². The van der Waals surface area contributed by atoms with E-state index in [1.807, 2.05) is 47.0 Å². The summed E-state index contributed by atoms with van der Waals surface area (Å²) in [4.78, 5) is 4.46. The van der Waals surface area contributed by atoms with E-state index in [1.54, 1.807) is 32.7 Å². The summed E-state index contributed by atoms with van der Waals surface area (Å²) in [5.74, 6) is 1.53. The number of amidine groups is 1. The summed E-state index contributed by atoms with van der Waals surface area (Å²) in [6, 6.07) is 19.3. The summed E-state index contributed by atoms with van der Waals surface area (Å²) in [6.45, 7) is 0. The second-order valence-electron chi connectivity index (χ2n) is 6.42. The third-order valence-corrected chi connectivity index (χ3v) is 4.79. The molecule has 0 atom stereocenters. The maximum absolute atomic E-state index is 8.88. The van der Waals surface area contributed by atoms with E-state index in [-0.39, 0.29) is 5.84 Å². The van der Waals surface area contributed by atoms with Crippen molar-refractivity contribution in [2.75, 3.05) is 14.2 Å². The van der Waals surface area contributed by atoms with Crippen LogP contribution in [0, 0.1) is 0 Å². The minimum Gasteiger partial charge on any atom is -0.497 e. The largest absolute Gasteiger partial charge is 0.497 e. The molecule has 0 fully saturated rings. The lowest BCUT2D eigenvalue weighted by Gasteiger charge is -2.12. The summed E-state index contributed by atoms with van der Waals surface area (Å²) in [7, 11) is 3.27. The number of ether oxygens (including phenoxy) is 2. The van der Waals surface area contributed by atoms with Gasteiger partial charge in [-0.3, -0.25) is 4.57 Å². The zero-order chi connectivity index (χ0) is 20.4. The fourth-order valence-corrected chi connectivity index (χ4v) is 3.30. The lowest BCUT2D eigenvalue weighted by Crippen LogP contribution is -2.12. The maximum atomic E-state index is 8.88. The number of hydrogen-bond acceptors (Lipinski definition) is 5. The predicted octanol–water partition coefficient (Wildman–Crippen LogP) is 3.80. The minimum atomic E-state index is 0.0510. The van der Waals surface area contributed by atoms with Gasteiger partial charge in [0.2, 0.25) is 0 Å². The van der Waals surface area contributed by atoms with E-state index in [9.17, 15) is 0 Å². The molecule has 0 aliphatic carbocycles. The normalized spacial score (nSPS) is 11.6. The van der Waals surface area contributed by atoms with Crippen LogP contribution in [0.25, 0.3) is 27.8 Å². The first-order chi connectivity index (χ1) is 14.1. The Morgan fingerprint density at radius 2 is 1.90 bits per heavy atom. The Labute approximate surface area is 167 Å². The van der Waals surface area contributed by atoms with Crippen LogP contribution in [0.5, 0.6) is 11.5 Å². The second kappa shape index (κ2) is 7.55. The molecule has 0 saturated heterocycles. The van der Waals surface area contributed by atoms with Gasteiger partial charge in [0.05, 0.1) is 25.3 Å². The zero-order valence-corrected chi connectivity index (χ0v) is 16.0. The quantitative estimate of drug-likeness (QED) is 0.235. The number of imidazole rings is 1. The highest BCUT2D eigenvalue weighted by molar-refractivity contribution is 5.99. The lowest BCUT2D eigenvalue weighted by molar-refractivity contribution is 0.318. The Bertz CT molecular complexity index is 1210. The molecule has 3 aromatic carbocycles. The second-order valence-corrected chi connectivity index (χ2v) is 6.42. The monoisotopic (exact) mass is 388 g/mol. The number of hydrogen-bond donors (Lipinski definition) is 2. The number of fused-ring (bicyclic) bond motifs is 1. The van der Waals surface area contributed by atoms with Gasteiger partial charge in [-0.15, -0.1) is 0 Å². The van der Waals surface area contributed by atoms with E-state index in [4.69, 9.17) is 20.4 Å². The Balaban J connectivity index is 1.79. The molecule has 3 N–H and O–H groups in total. The minimum absolute atomic E-state index is 0.0510. The zero-order valence-electron chi connectivity index (χ0n) is 16.0. The molecule has 0 aliphatic rings. The van der Waals surface area contributed by atoms with Crippen molar-refractivity contribution < 1.29 is 14.7 Å². The van der Waals surface area contributed by atoms with Crippen LogP contribution in [0.3, 0.4) is 0 Å². The summed E-state index contributed by atoms with van der Waals surface area (Å²) < 4.78 is 12.8. The van der Waals surface area contributed by atoms with Crippen molar-refractivity contribution in [2.45, 2.75) is 0 Å². The van der Waals surface area contributed by atoms with Gasteiger partial charge in [0.25, 0.3) is 0 Å². The predicted molar refractivity (Wildman–Crippen MR) is 112 cm³/mol. The molecular weight excluding hydrogens is 368 g/mol. The number of nitrogens with zero attached hydrogens (tertiary/aromatic N) is 3. The Hall–Kier alpha value is -4.00. The third kappa shape index (κ3) is 3.34. The van der Waals surface area contributed by atoms with Crippen molar-refractivity contribution in [2.24, 2.45) is 10.9 Å². The molecule has 0 unspecified atom stereocenters. The van der Waals surface area contributed by atoms with Crippen molar-refractivity contribution >= 4 is 16.9 Å². The first kappa shape index (κ1) is 18.4. The summed E-state index contributed by atoms with van der Waals surface area (Å²) in [6.07, 6.45) is 1.76. The van der Waals surface area contributed by atoms with Crippen molar-refractivity contribution in [3.05, 3.63) is 72.6 Å². The van der Waals surface area contributed by atoms with Crippen LogP contribution in [0.2, 0.25) is 0 Å². The Kier molecular flexibility index (Phi) is 4.78. The molecule has 0 radical (unpaired) electrons. The molecule has 4 rings (SSSR count). The number of rotatable bonds is 5. The average molecular weight is 388 g/mol. The number of benzene rings is 3. The first-order valence-corrected chi connectivity index (χ1v) is 8.92. The van der Waals surface area contributed by atoms with E-state index < -0.39 is 0 Å². The highest BCUT2D eigenvalue weighted by atomic mass is 16.5. The van der Waals surface area contributed by atoms with Gasteiger partial charge in [-0.1, -0.05) is 17.3 Å². The van der Waals surface area contributed by atoms with Gasteiger partial charge in [0, 0.05) is 22.9 Å². The summed E-state index contributed by atoms with van der Waals surface area (Å²) in [5.41, 5.74) is 10.9. The number of oxime groups is 1. The molecule has 1 aromatic heterocycles. The van der Waals surface area contributed by atoms with Crippen LogP contribution in [0.15, 0.2) is 72.1 Å². The molecule has 0 bridgehead atoms. The molecule has 0 aliphatic heterocycles. The van der Waals surface area contributed by atoms with Gasteiger partial charge in [0.1, 0.15) is 17.8 Å². The van der Waals surface area contributed by atoms with Crippen molar-refractivity contribution in [3.63, 3.8) is 0 Å². The van der Waals surface area contributed by atoms with E-state index in [1.165, 1.54) is 0 Å². The Morgan fingerprint density at radius 1 is 1.03 bits per heavy atom. The summed E-state index contributed by atoms with van der Waals surface area (Å²) in [5, 5.41) is 11.9. The molecule has 0 amide bonds. The topological polar surface area (TPSA) is 94.9 Å². The van der Waals surface area contributed by atoms with Gasteiger partial charge in [-0.25, -0.2) is 4.98 Å². The van der Waals surface area contributed by atoms with E-state index in [0.717, 1.165) is 39.3 Å². The van der Waals surface area contributed by atoms with E-state index in [0.29, 0.717) is 5.56 Å². The average Bonchev–Trinajstić information content (AvgIpc) is 3.21. The van der Waals surface area contributed by atoms with Crippen molar-refractivity contribution in [1.29, 1.82) is 0 Å². The number of methoxy groups -OCH3 is 2. The van der Waals surface area contributed by atoms with E-state index >= 15 is 0 Å². The van der Waals surface area contributed by atoms with Gasteiger partial charge in [0.15, 0.2) is 5.84 Å². The third-order valence-electron chi connectivity index (χ3n) is 4.79. The molecule has 146 valence electrons. The van der Waals surface area contributed by atoms with Crippen LogP contribution in [0.1, 0.15) is 5.56 Å². The van der Waals surface area contributed by atoms with Crippen LogP contribution >= 0.6 is 0 Å². The lowest BCUT2D eigenvalue weighted by atomic mass is 10.0. The van der Waals surface area contributed by atoms with Gasteiger partial charge in [-0.2, -0.15) is 0 Å². The standard InChI is InChI=1S/C22H20N4O3/c1-28-17-7-8-18(21(12-17)29-2)14-4-3-5-16(10-14)26-13-24-19-11-15(22(23)25-27)6-9-20(19)26/h3-13,27H,1-2H3,(H2,23,25). The van der Waals surface area contributed by atoms with Crippen LogP contribution in [-0.2, 0) is 0 Å². The molecule has 4 aromatic rings. The van der Waals surface area contributed by atoms with Crippen molar-refractivity contribution in [1.82, 2.24) is 9.55 Å².